The molecule has 0 saturated carbocycles. The molecule has 2 aromatic carbocycles. The maximum atomic E-state index is 12.7. The van der Waals surface area contributed by atoms with Gasteiger partial charge < -0.3 is 15.5 Å². The number of nitrogens with zero attached hydrogens (tertiary/aromatic N) is 5. The normalized spacial score (nSPS) is 13.5. The SMILES string of the molecule is Cl.N#Cc1cc(NC(=O)Nc2cn(-c3ccc(C(F)(F)F)cc3)nn2)ccc1N1CCNCC1. The minimum atomic E-state index is -4.43. The lowest BCUT2D eigenvalue weighted by atomic mass is 10.1. The van der Waals surface area contributed by atoms with E-state index in [1.807, 2.05) is 0 Å². The van der Waals surface area contributed by atoms with Crippen LogP contribution in [-0.4, -0.2) is 47.2 Å². The van der Waals surface area contributed by atoms with Crippen molar-refractivity contribution in [3.63, 3.8) is 0 Å². The lowest BCUT2D eigenvalue weighted by Crippen LogP contribution is -2.43. The lowest BCUT2D eigenvalue weighted by molar-refractivity contribution is -0.137. The number of carbonyl (C=O) groups is 1. The fourth-order valence-corrected chi connectivity index (χ4v) is 3.41. The molecule has 34 heavy (non-hydrogen) atoms. The Hall–Kier alpha value is -3.82. The highest BCUT2D eigenvalue weighted by Crippen LogP contribution is 2.29. The van der Waals surface area contributed by atoms with E-state index < -0.39 is 17.8 Å². The Morgan fingerprint density at radius 2 is 1.79 bits per heavy atom. The fourth-order valence-electron chi connectivity index (χ4n) is 3.41. The van der Waals surface area contributed by atoms with Gasteiger partial charge in [-0.05, 0) is 42.5 Å². The van der Waals surface area contributed by atoms with E-state index in [1.54, 1.807) is 18.2 Å². The number of urea groups is 1. The van der Waals surface area contributed by atoms with Crippen molar-refractivity contribution in [2.75, 3.05) is 41.7 Å². The molecule has 13 heteroatoms. The minimum absolute atomic E-state index is 0. The molecule has 2 amide bonds. The number of piperazine rings is 1. The highest BCUT2D eigenvalue weighted by Gasteiger charge is 2.30. The van der Waals surface area contributed by atoms with E-state index in [-0.39, 0.29) is 18.2 Å². The topological polar surface area (TPSA) is 111 Å². The van der Waals surface area contributed by atoms with Crippen LogP contribution >= 0.6 is 12.4 Å². The van der Waals surface area contributed by atoms with Crippen molar-refractivity contribution in [2.45, 2.75) is 6.18 Å². The van der Waals surface area contributed by atoms with Crippen LogP contribution in [0, 0.1) is 11.3 Å². The summed E-state index contributed by atoms with van der Waals surface area (Å²) >= 11 is 0. The van der Waals surface area contributed by atoms with Crippen molar-refractivity contribution < 1.29 is 18.0 Å². The van der Waals surface area contributed by atoms with Gasteiger partial charge in [-0.15, -0.1) is 17.5 Å². The average molecular weight is 493 g/mol. The summed E-state index contributed by atoms with van der Waals surface area (Å²) in [5.74, 6) is 0.102. The number of anilines is 3. The average Bonchev–Trinajstić information content (AvgIpc) is 3.27. The highest BCUT2D eigenvalue weighted by molar-refractivity contribution is 5.99. The van der Waals surface area contributed by atoms with Crippen LogP contribution < -0.4 is 20.9 Å². The van der Waals surface area contributed by atoms with Crippen LogP contribution in [0.3, 0.4) is 0 Å². The molecule has 0 aliphatic carbocycles. The predicted octanol–water partition coefficient (Wildman–Crippen LogP) is 3.63. The Morgan fingerprint density at radius 3 is 2.44 bits per heavy atom. The molecule has 1 saturated heterocycles. The molecule has 1 fully saturated rings. The Bertz CT molecular complexity index is 1180. The van der Waals surface area contributed by atoms with Crippen LogP contribution in [0.5, 0.6) is 0 Å². The number of halogens is 4. The summed E-state index contributed by atoms with van der Waals surface area (Å²) in [5.41, 5.74) is 1.26. The Kier molecular flexibility index (Phi) is 7.60. The Labute approximate surface area is 199 Å². The molecule has 3 N–H and O–H groups in total. The molecule has 1 aliphatic heterocycles. The van der Waals surface area contributed by atoms with Crippen molar-refractivity contribution in [3.05, 3.63) is 59.8 Å². The second kappa shape index (κ2) is 10.4. The molecule has 0 spiro atoms. The largest absolute Gasteiger partial charge is 0.416 e. The molecule has 0 unspecified atom stereocenters. The van der Waals surface area contributed by atoms with Crippen LogP contribution in [0.1, 0.15) is 11.1 Å². The van der Waals surface area contributed by atoms with E-state index in [0.29, 0.717) is 16.9 Å². The number of carbonyl (C=O) groups excluding carboxylic acids is 1. The first-order valence-electron chi connectivity index (χ1n) is 10.0. The quantitative estimate of drug-likeness (QED) is 0.513. The summed E-state index contributed by atoms with van der Waals surface area (Å²) in [6.07, 6.45) is -3.06. The number of hydrogen-bond acceptors (Lipinski definition) is 6. The Morgan fingerprint density at radius 1 is 1.09 bits per heavy atom. The van der Waals surface area contributed by atoms with Gasteiger partial charge in [0, 0.05) is 31.9 Å². The third kappa shape index (κ3) is 5.75. The van der Waals surface area contributed by atoms with Gasteiger partial charge in [0.25, 0.3) is 0 Å². The zero-order valence-corrected chi connectivity index (χ0v) is 18.5. The van der Waals surface area contributed by atoms with Crippen molar-refractivity contribution in [1.29, 1.82) is 5.26 Å². The standard InChI is InChI=1S/C21H19F3N8O.ClH/c22-21(23,24)15-1-4-17(5-2-15)32-13-19(29-30-32)28-20(33)27-16-3-6-18(14(11-16)12-25)31-9-7-26-8-10-31;/h1-6,11,13,26H,7-10H2,(H2,27,28,33);1H. The maximum absolute atomic E-state index is 12.7. The van der Waals surface area contributed by atoms with Crippen LogP contribution in [0.25, 0.3) is 5.69 Å². The number of rotatable bonds is 4. The van der Waals surface area contributed by atoms with E-state index in [4.69, 9.17) is 0 Å². The number of nitrogens with one attached hydrogen (secondary N) is 3. The molecular formula is C21H20ClF3N8O. The van der Waals surface area contributed by atoms with Gasteiger partial charge in [-0.25, -0.2) is 9.48 Å². The van der Waals surface area contributed by atoms with Gasteiger partial charge >= 0.3 is 12.2 Å². The molecule has 4 rings (SSSR count). The first-order valence-corrected chi connectivity index (χ1v) is 10.0. The molecule has 178 valence electrons. The van der Waals surface area contributed by atoms with E-state index in [9.17, 15) is 23.2 Å². The first-order chi connectivity index (χ1) is 15.8. The van der Waals surface area contributed by atoms with Crippen LogP contribution in [0.15, 0.2) is 48.7 Å². The summed E-state index contributed by atoms with van der Waals surface area (Å²) in [4.78, 5) is 14.5. The fraction of sp³-hybridized carbons (Fsp3) is 0.238. The van der Waals surface area contributed by atoms with Gasteiger partial charge in [-0.1, -0.05) is 5.21 Å². The molecule has 1 aromatic heterocycles. The second-order valence-corrected chi connectivity index (χ2v) is 7.25. The molecule has 0 atom stereocenters. The van der Waals surface area contributed by atoms with Gasteiger partial charge in [0.15, 0.2) is 5.82 Å². The third-order valence-electron chi connectivity index (χ3n) is 5.03. The maximum Gasteiger partial charge on any atom is 0.416 e. The number of alkyl halides is 3. The zero-order valence-electron chi connectivity index (χ0n) is 17.6. The monoisotopic (exact) mass is 492 g/mol. The highest BCUT2D eigenvalue weighted by atomic mass is 35.5. The Balaban J connectivity index is 0.00000324. The number of nitriles is 1. The van der Waals surface area contributed by atoms with Crippen molar-refractivity contribution in [2.24, 2.45) is 0 Å². The van der Waals surface area contributed by atoms with Crippen LogP contribution in [0.2, 0.25) is 0 Å². The second-order valence-electron chi connectivity index (χ2n) is 7.25. The summed E-state index contributed by atoms with van der Waals surface area (Å²) in [6, 6.07) is 11.0. The molecule has 9 nitrogen and oxygen atoms in total. The number of benzene rings is 2. The van der Waals surface area contributed by atoms with Gasteiger partial charge in [0.2, 0.25) is 0 Å². The van der Waals surface area contributed by atoms with E-state index in [1.165, 1.54) is 23.0 Å². The summed E-state index contributed by atoms with van der Waals surface area (Å²) in [5, 5.41) is 25.5. The molecular weight excluding hydrogens is 473 g/mol. The third-order valence-corrected chi connectivity index (χ3v) is 5.03. The van der Waals surface area contributed by atoms with Gasteiger partial charge in [0.1, 0.15) is 6.07 Å². The number of amides is 2. The van der Waals surface area contributed by atoms with Crippen molar-refractivity contribution in [1.82, 2.24) is 20.3 Å². The minimum Gasteiger partial charge on any atom is -0.368 e. The zero-order chi connectivity index (χ0) is 23.4. The lowest BCUT2D eigenvalue weighted by Gasteiger charge is -2.30. The summed E-state index contributed by atoms with van der Waals surface area (Å²) in [7, 11) is 0. The van der Waals surface area contributed by atoms with Crippen LogP contribution in [-0.2, 0) is 6.18 Å². The first kappa shape index (κ1) is 24.8. The van der Waals surface area contributed by atoms with E-state index in [0.717, 1.165) is 44.0 Å². The van der Waals surface area contributed by atoms with Gasteiger partial charge in [0.05, 0.1) is 28.7 Å². The van der Waals surface area contributed by atoms with Crippen molar-refractivity contribution >= 4 is 35.6 Å². The molecule has 3 aromatic rings. The van der Waals surface area contributed by atoms with Crippen LogP contribution in [0.4, 0.5) is 35.2 Å². The molecule has 1 aliphatic rings. The van der Waals surface area contributed by atoms with E-state index >= 15 is 0 Å². The summed E-state index contributed by atoms with van der Waals surface area (Å²) in [6.45, 7) is 3.24. The van der Waals surface area contributed by atoms with E-state index in [2.05, 4.69) is 37.2 Å². The van der Waals surface area contributed by atoms with Crippen molar-refractivity contribution in [3.8, 4) is 11.8 Å². The molecule has 2 heterocycles. The smallest absolute Gasteiger partial charge is 0.368 e. The number of hydrogen-bond donors (Lipinski definition) is 3. The van der Waals surface area contributed by atoms with Gasteiger partial charge in [-0.2, -0.15) is 18.4 Å². The molecule has 0 radical (unpaired) electrons. The predicted molar refractivity (Wildman–Crippen MR) is 122 cm³/mol. The number of aromatic nitrogens is 3. The summed E-state index contributed by atoms with van der Waals surface area (Å²) < 4.78 is 39.3. The van der Waals surface area contributed by atoms with Gasteiger partial charge in [-0.3, -0.25) is 5.32 Å². The molecule has 0 bridgehead atoms.